The molecular formula is C60H92N6O11. The fourth-order valence-electron chi connectivity index (χ4n) is 10.2. The molecule has 4 rings (SSSR count). The molecule has 0 aliphatic carbocycles. The second kappa shape index (κ2) is 33.8. The first-order valence-corrected chi connectivity index (χ1v) is 28.3. The predicted octanol–water partition coefficient (Wildman–Crippen LogP) is 5.82. The molecule has 1 heterocycles. The van der Waals surface area contributed by atoms with E-state index in [0.717, 1.165) is 63.8 Å². The van der Waals surface area contributed by atoms with Gasteiger partial charge >= 0.3 is 0 Å². The van der Waals surface area contributed by atoms with Crippen LogP contribution in [0.5, 0.6) is 5.75 Å². The number of aliphatic hydroxyl groups excluding tert-OH is 3. The number of carbonyl (C=O) groups excluding carboxylic acids is 5. The number of primary amides is 1. The van der Waals surface area contributed by atoms with Crippen molar-refractivity contribution in [3.05, 3.63) is 99.1 Å². The van der Waals surface area contributed by atoms with Crippen molar-refractivity contribution < 1.29 is 53.9 Å². The third-order valence-corrected chi connectivity index (χ3v) is 14.7. The van der Waals surface area contributed by atoms with Gasteiger partial charge in [0, 0.05) is 26.0 Å². The molecule has 0 bridgehead atoms. The highest BCUT2D eigenvalue weighted by molar-refractivity contribution is 5.95. The Hall–Kier alpha value is -5.43. The smallest absolute Gasteiger partial charge is 0.252 e. The van der Waals surface area contributed by atoms with Gasteiger partial charge in [0.25, 0.3) is 5.91 Å². The van der Waals surface area contributed by atoms with Crippen molar-refractivity contribution in [2.24, 2.45) is 11.5 Å². The minimum atomic E-state index is -1.73. The van der Waals surface area contributed by atoms with Crippen LogP contribution in [0.3, 0.4) is 0 Å². The van der Waals surface area contributed by atoms with Crippen LogP contribution in [0.25, 0.3) is 0 Å². The van der Waals surface area contributed by atoms with Crippen LogP contribution in [0.1, 0.15) is 161 Å². The van der Waals surface area contributed by atoms with Crippen molar-refractivity contribution >= 4 is 29.5 Å². The summed E-state index contributed by atoms with van der Waals surface area (Å²) in [6, 6.07) is 11.5. The highest BCUT2D eigenvalue weighted by Crippen LogP contribution is 2.25. The zero-order valence-corrected chi connectivity index (χ0v) is 46.7. The number of hydrogen-bond acceptors (Lipinski definition) is 12. The van der Waals surface area contributed by atoms with Crippen LogP contribution in [0.4, 0.5) is 0 Å². The second-order valence-corrected chi connectivity index (χ2v) is 21.4. The van der Waals surface area contributed by atoms with Crippen molar-refractivity contribution in [2.75, 3.05) is 13.2 Å². The number of ether oxygens (including phenoxy) is 2. The summed E-state index contributed by atoms with van der Waals surface area (Å²) in [7, 11) is 0. The highest BCUT2D eigenvalue weighted by atomic mass is 16.7. The molecule has 17 nitrogen and oxygen atoms in total. The summed E-state index contributed by atoms with van der Waals surface area (Å²) >= 11 is 0. The van der Waals surface area contributed by atoms with Crippen molar-refractivity contribution in [2.45, 2.75) is 225 Å². The van der Waals surface area contributed by atoms with Gasteiger partial charge in [-0.25, -0.2) is 0 Å². The minimum Gasteiger partial charge on any atom is -0.508 e. The molecule has 9 atom stereocenters. The predicted molar refractivity (Wildman–Crippen MR) is 299 cm³/mol. The number of nitrogens with one attached hydrogen (secondary N) is 4. The molecule has 0 spiro atoms. The Balaban J connectivity index is 1.39. The largest absolute Gasteiger partial charge is 0.508 e. The monoisotopic (exact) mass is 1070 g/mol. The number of rotatable bonds is 35. The van der Waals surface area contributed by atoms with Gasteiger partial charge in [0.15, 0.2) is 12.4 Å². The maximum absolute atomic E-state index is 14.5. The highest BCUT2D eigenvalue weighted by Gasteiger charge is 2.47. The summed E-state index contributed by atoms with van der Waals surface area (Å²) < 4.78 is 11.5. The van der Waals surface area contributed by atoms with Gasteiger partial charge in [-0.3, -0.25) is 24.0 Å². The number of phenols is 1. The number of nitrogens with two attached hydrogens (primary N) is 2. The van der Waals surface area contributed by atoms with E-state index in [2.05, 4.69) is 28.2 Å². The van der Waals surface area contributed by atoms with Crippen LogP contribution in [0.15, 0.2) is 54.6 Å². The average molecular weight is 1070 g/mol. The van der Waals surface area contributed by atoms with Crippen LogP contribution in [-0.2, 0) is 52.7 Å². The molecule has 428 valence electrons. The SMILES string of the molecule is CCCCCCCCCCCCCCCCO[C@@H]1O[C@H](C(=O)NCCCC[C@@H](NC(=O)[C@@H](N)Cc2c(C)cc(O)cc2C)C(=O)N[C@@H](Cc2c(C)cc(C)cc2C)C(=O)N[C@@H](Cc2ccccc2)C(N)=O)[C@@H](O)[C@H](O)[C@H]1O. The first kappa shape index (κ1) is 64.1. The van der Waals surface area contributed by atoms with Gasteiger partial charge in [0.05, 0.1) is 6.04 Å². The Bertz CT molecular complexity index is 2270. The molecule has 0 aromatic heterocycles. The molecule has 1 saturated heterocycles. The lowest BCUT2D eigenvalue weighted by atomic mass is 9.93. The van der Waals surface area contributed by atoms with E-state index in [4.69, 9.17) is 20.9 Å². The lowest BCUT2D eigenvalue weighted by Gasteiger charge is -2.39. The van der Waals surface area contributed by atoms with Crippen LogP contribution < -0.4 is 32.7 Å². The van der Waals surface area contributed by atoms with E-state index < -0.39 is 84.4 Å². The molecule has 1 aliphatic rings. The van der Waals surface area contributed by atoms with Crippen molar-refractivity contribution in [3.63, 3.8) is 0 Å². The summed E-state index contributed by atoms with van der Waals surface area (Å²) in [5, 5.41) is 53.4. The molecule has 0 unspecified atom stereocenters. The lowest BCUT2D eigenvalue weighted by molar-refractivity contribution is -0.290. The number of aryl methyl sites for hydroxylation is 5. The standard InChI is InChI=1S/C60H92N6O11/c1-7-8-9-10-11-12-13-14-15-16-17-18-19-25-30-76-60-53(70)51(68)52(69)54(77-60)59(75)63-29-24-23-28-48(64-56(72)47(61)36-45-41(5)33-44(67)34-42(45)6)57(73)66-50(37-46-39(3)31-38(2)32-40(46)4)58(74)65-49(55(62)71)35-43-26-21-20-22-27-43/h20-22,26-27,31-34,47-54,60,67-70H,7-19,23-25,28-30,35-37,61H2,1-6H3,(H2,62,71)(H,63,75)(H,64,72)(H,65,74)(H,66,73)/t47-,48+,49-,50-,51-,52-,53+,54-,60+/m0/s1. The molecular weight excluding hydrogens is 981 g/mol. The zero-order valence-electron chi connectivity index (χ0n) is 46.7. The van der Waals surface area contributed by atoms with E-state index in [9.17, 15) is 44.4 Å². The van der Waals surface area contributed by atoms with Gasteiger partial charge in [-0.05, 0) is 118 Å². The number of aliphatic hydroxyl groups is 3. The lowest BCUT2D eigenvalue weighted by Crippen LogP contribution is -2.62. The summed E-state index contributed by atoms with van der Waals surface area (Å²) in [5.74, 6) is -3.42. The van der Waals surface area contributed by atoms with Crippen LogP contribution in [0, 0.1) is 34.6 Å². The summed E-state index contributed by atoms with van der Waals surface area (Å²) in [4.78, 5) is 68.9. The van der Waals surface area contributed by atoms with Crippen LogP contribution >= 0.6 is 0 Å². The Morgan fingerprint density at radius 3 is 1.68 bits per heavy atom. The van der Waals surface area contributed by atoms with E-state index >= 15 is 0 Å². The number of amides is 5. The molecule has 17 heteroatoms. The Morgan fingerprint density at radius 1 is 0.597 bits per heavy atom. The molecule has 1 fully saturated rings. The van der Waals surface area contributed by atoms with E-state index in [-0.39, 0.29) is 57.4 Å². The molecule has 5 amide bonds. The third kappa shape index (κ3) is 21.7. The average Bonchev–Trinajstić information content (AvgIpc) is 3.38. The summed E-state index contributed by atoms with van der Waals surface area (Å²) in [6.07, 6.45) is 9.68. The topological polar surface area (TPSA) is 285 Å². The van der Waals surface area contributed by atoms with E-state index in [1.165, 1.54) is 64.2 Å². The quantitative estimate of drug-likeness (QED) is 0.0312. The van der Waals surface area contributed by atoms with Gasteiger partial charge in [-0.15, -0.1) is 0 Å². The van der Waals surface area contributed by atoms with Gasteiger partial charge in [0.1, 0.15) is 42.2 Å². The first-order chi connectivity index (χ1) is 36.8. The van der Waals surface area contributed by atoms with Gasteiger partial charge in [-0.1, -0.05) is 138 Å². The number of benzene rings is 3. The normalized spacial score (nSPS) is 18.9. The molecule has 3 aromatic carbocycles. The van der Waals surface area contributed by atoms with E-state index in [1.54, 1.807) is 26.0 Å². The maximum Gasteiger partial charge on any atom is 0.252 e. The summed E-state index contributed by atoms with van der Waals surface area (Å²) in [5.41, 5.74) is 18.9. The van der Waals surface area contributed by atoms with Gasteiger partial charge < -0.3 is 62.6 Å². The molecule has 1 aliphatic heterocycles. The molecule has 77 heavy (non-hydrogen) atoms. The number of hydrogen-bond donors (Lipinski definition) is 10. The third-order valence-electron chi connectivity index (χ3n) is 14.7. The molecule has 0 radical (unpaired) electrons. The van der Waals surface area contributed by atoms with Crippen LogP contribution in [-0.4, -0.2) is 118 Å². The van der Waals surface area contributed by atoms with Gasteiger partial charge in [-0.2, -0.15) is 0 Å². The molecule has 12 N–H and O–H groups in total. The fraction of sp³-hybridized carbons (Fsp3) is 0.617. The van der Waals surface area contributed by atoms with E-state index in [1.807, 2.05) is 63.2 Å². The Morgan fingerprint density at radius 2 is 1.10 bits per heavy atom. The van der Waals surface area contributed by atoms with Crippen molar-refractivity contribution in [1.82, 2.24) is 21.3 Å². The Labute approximate surface area is 457 Å². The van der Waals surface area contributed by atoms with E-state index in [0.29, 0.717) is 6.42 Å². The maximum atomic E-state index is 14.5. The molecule has 0 saturated carbocycles. The fourth-order valence-corrected chi connectivity index (χ4v) is 10.2. The number of unbranched alkanes of at least 4 members (excludes halogenated alkanes) is 14. The molecule has 3 aromatic rings. The number of phenolic OH excluding ortho intramolecular Hbond substituents is 1. The number of carbonyl (C=O) groups is 5. The number of aromatic hydroxyl groups is 1. The summed E-state index contributed by atoms with van der Waals surface area (Å²) in [6.45, 7) is 11.9. The zero-order chi connectivity index (χ0) is 56.4. The Kier molecular flexibility index (Phi) is 28.1. The second-order valence-electron chi connectivity index (χ2n) is 21.4. The van der Waals surface area contributed by atoms with Crippen molar-refractivity contribution in [3.8, 4) is 5.75 Å². The van der Waals surface area contributed by atoms with Gasteiger partial charge in [0.2, 0.25) is 23.6 Å². The first-order valence-electron chi connectivity index (χ1n) is 28.3. The minimum absolute atomic E-state index is 0.0366. The van der Waals surface area contributed by atoms with Crippen LogP contribution in [0.2, 0.25) is 0 Å². The van der Waals surface area contributed by atoms with Crippen molar-refractivity contribution in [1.29, 1.82) is 0 Å².